The van der Waals surface area contributed by atoms with Crippen LogP contribution >= 0.6 is 11.6 Å². The van der Waals surface area contributed by atoms with Crippen molar-refractivity contribution in [1.29, 1.82) is 5.26 Å². The number of halogens is 1. The monoisotopic (exact) mass is 519 g/mol. The van der Waals surface area contributed by atoms with E-state index < -0.39 is 11.0 Å². The molecule has 0 spiro atoms. The van der Waals surface area contributed by atoms with Crippen LogP contribution in [0.15, 0.2) is 48.2 Å². The first kappa shape index (κ1) is 26.4. The van der Waals surface area contributed by atoms with Crippen LogP contribution in [0.1, 0.15) is 63.9 Å². The molecule has 3 N–H and O–H groups in total. The molecule has 0 aliphatic heterocycles. The molecule has 2 saturated carbocycles. The van der Waals surface area contributed by atoms with E-state index in [0.29, 0.717) is 30.3 Å². The van der Waals surface area contributed by atoms with Gasteiger partial charge in [0.05, 0.1) is 17.8 Å². The number of rotatable bonds is 1. The van der Waals surface area contributed by atoms with Gasteiger partial charge in [-0.15, -0.1) is 0 Å². The normalized spacial score (nSPS) is 36.5. The van der Waals surface area contributed by atoms with Gasteiger partial charge >= 0.3 is 0 Å². The fourth-order valence-corrected chi connectivity index (χ4v) is 8.02. The van der Waals surface area contributed by atoms with E-state index in [1.165, 1.54) is 11.1 Å². The molecule has 0 radical (unpaired) electrons. The third kappa shape index (κ3) is 4.14. The van der Waals surface area contributed by atoms with E-state index in [1.54, 1.807) is 6.20 Å². The highest BCUT2D eigenvalue weighted by Crippen LogP contribution is 2.66. The summed E-state index contributed by atoms with van der Waals surface area (Å²) in [6, 6.07) is 11.0. The number of aliphatic hydroxyl groups excluding tert-OH is 1. The molecule has 4 aliphatic rings. The first-order valence-electron chi connectivity index (χ1n) is 13.6. The smallest absolute Gasteiger partial charge is 0.136 e. The van der Waals surface area contributed by atoms with Crippen LogP contribution in [0.2, 0.25) is 5.15 Å². The van der Waals surface area contributed by atoms with Crippen LogP contribution in [0.4, 0.5) is 0 Å². The molecular weight excluding hydrogens is 482 g/mol. The number of benzene rings is 1. The van der Waals surface area contributed by atoms with Crippen molar-refractivity contribution in [2.24, 2.45) is 22.7 Å². The summed E-state index contributed by atoms with van der Waals surface area (Å²) in [7, 11) is 3.75. The Morgan fingerprint density at radius 1 is 1.14 bits per heavy atom. The van der Waals surface area contributed by atoms with Crippen molar-refractivity contribution in [3.63, 3.8) is 0 Å². The van der Waals surface area contributed by atoms with Gasteiger partial charge in [-0.2, -0.15) is 5.26 Å². The zero-order chi connectivity index (χ0) is 26.4. The number of fused-ring (bicyclic) bond motifs is 5. The van der Waals surface area contributed by atoms with Gasteiger partial charge in [-0.05, 0) is 105 Å². The fraction of sp³-hybridized carbons (Fsp3) is 0.548. The molecule has 2 fully saturated rings. The third-order valence-electron chi connectivity index (χ3n) is 9.71. The molecule has 6 heteroatoms. The number of nitriles is 1. The Morgan fingerprint density at radius 2 is 1.92 bits per heavy atom. The van der Waals surface area contributed by atoms with Gasteiger partial charge in [-0.3, -0.25) is 0 Å². The molecule has 5 nitrogen and oxygen atoms in total. The Balaban J connectivity index is 0.000000892. The van der Waals surface area contributed by atoms with Crippen LogP contribution in [0.5, 0.6) is 0 Å². The summed E-state index contributed by atoms with van der Waals surface area (Å²) in [6.45, 7) is 2.28. The molecule has 0 bridgehead atoms. The Morgan fingerprint density at radius 3 is 2.68 bits per heavy atom. The maximum Gasteiger partial charge on any atom is 0.136 e. The van der Waals surface area contributed by atoms with Crippen molar-refractivity contribution >= 4 is 27.9 Å². The number of pyridine rings is 1. The van der Waals surface area contributed by atoms with Gasteiger partial charge in [-0.1, -0.05) is 48.4 Å². The Hall–Kier alpha value is -2.23. The minimum atomic E-state index is -1.08. The number of nitrogens with zero attached hydrogens (tertiary/aromatic N) is 2. The highest BCUT2D eigenvalue weighted by atomic mass is 35.5. The summed E-state index contributed by atoms with van der Waals surface area (Å²) < 4.78 is 0. The lowest BCUT2D eigenvalue weighted by Crippen LogP contribution is -2.59. The highest BCUT2D eigenvalue weighted by Gasteiger charge is 2.65. The van der Waals surface area contributed by atoms with Crippen molar-refractivity contribution in [1.82, 2.24) is 10.3 Å². The van der Waals surface area contributed by atoms with E-state index in [9.17, 15) is 15.5 Å². The molecule has 196 valence electrons. The molecule has 37 heavy (non-hydrogen) atoms. The highest BCUT2D eigenvalue weighted by molar-refractivity contribution is 6.34. The minimum absolute atomic E-state index is 0.0228. The Labute approximate surface area is 225 Å². The maximum absolute atomic E-state index is 12.5. The average molecular weight is 520 g/mol. The van der Waals surface area contributed by atoms with Crippen LogP contribution in [-0.2, 0) is 0 Å². The van der Waals surface area contributed by atoms with Crippen molar-refractivity contribution < 1.29 is 10.2 Å². The Bertz CT molecular complexity index is 1300. The number of aromatic nitrogens is 1. The molecule has 0 saturated heterocycles. The first-order valence-corrected chi connectivity index (χ1v) is 14.0. The quantitative estimate of drug-likeness (QED) is 0.315. The van der Waals surface area contributed by atoms with Gasteiger partial charge in [0.15, 0.2) is 0 Å². The molecule has 0 amide bonds. The van der Waals surface area contributed by atoms with Crippen LogP contribution in [0.25, 0.3) is 16.3 Å². The summed E-state index contributed by atoms with van der Waals surface area (Å²) in [5.74, 6) is 0.351. The Kier molecular flexibility index (Phi) is 7.00. The standard InChI is InChI=1S/C29H31ClN2O2.C2H7N/c1-27-11-12-28(17-31)16-21-14-22(33)5-4-18(21)8-10-29(28,34)25(27)7-6-24(27)20-3-2-19-9-13-32-26(30)23(19)15-20;1-3-2/h2-3,6,9,13,15-16,18,22,25,33-34H,4-5,7-8,10-12,14H2,1H3;3H,1-2H3/t18?,22?,25?,27?,28?,29-;/m0./s1. The van der Waals surface area contributed by atoms with Crippen LogP contribution in [0.3, 0.4) is 0 Å². The van der Waals surface area contributed by atoms with Crippen molar-refractivity contribution in [2.75, 3.05) is 14.1 Å². The third-order valence-corrected chi connectivity index (χ3v) is 10.0. The number of nitrogens with one attached hydrogen (secondary N) is 1. The lowest BCUT2D eigenvalue weighted by atomic mass is 9.49. The predicted molar refractivity (Wildman–Crippen MR) is 149 cm³/mol. The van der Waals surface area contributed by atoms with E-state index in [-0.39, 0.29) is 17.4 Å². The van der Waals surface area contributed by atoms with Gasteiger partial charge in [0.1, 0.15) is 10.6 Å². The van der Waals surface area contributed by atoms with Crippen molar-refractivity contribution in [3.05, 3.63) is 58.9 Å². The van der Waals surface area contributed by atoms with Crippen LogP contribution in [0, 0.1) is 34.0 Å². The second-order valence-corrected chi connectivity index (χ2v) is 12.1. The molecular formula is C31H38ClN3O2. The summed E-state index contributed by atoms with van der Waals surface area (Å²) >= 11 is 6.42. The topological polar surface area (TPSA) is 89.2 Å². The minimum Gasteiger partial charge on any atom is -0.393 e. The van der Waals surface area contributed by atoms with Crippen LogP contribution in [-0.4, -0.2) is 41.0 Å². The first-order chi connectivity index (χ1) is 17.7. The average Bonchev–Trinajstić information content (AvgIpc) is 3.18. The lowest BCUT2D eigenvalue weighted by molar-refractivity contribution is -0.143. The molecule has 1 aromatic heterocycles. The van der Waals surface area contributed by atoms with Crippen molar-refractivity contribution in [3.8, 4) is 6.07 Å². The zero-order valence-electron chi connectivity index (χ0n) is 22.1. The fourth-order valence-electron chi connectivity index (χ4n) is 7.80. The molecule has 2 aromatic rings. The van der Waals surface area contributed by atoms with E-state index >= 15 is 0 Å². The van der Waals surface area contributed by atoms with Gasteiger partial charge in [-0.25, -0.2) is 4.98 Å². The molecule has 6 atom stereocenters. The largest absolute Gasteiger partial charge is 0.393 e. The second-order valence-electron chi connectivity index (χ2n) is 11.8. The number of hydrogen-bond donors (Lipinski definition) is 3. The van der Waals surface area contributed by atoms with E-state index in [1.807, 2.05) is 20.2 Å². The van der Waals surface area contributed by atoms with Crippen molar-refractivity contribution in [2.45, 2.75) is 70.0 Å². The SMILES string of the molecule is CC12CCC3(C#N)C=C4CC(O)CCC4CC[C@]3(O)C1CC=C2c1ccc2ccnc(Cl)c2c1.CNC. The maximum atomic E-state index is 12.5. The van der Waals surface area contributed by atoms with E-state index in [4.69, 9.17) is 11.6 Å². The summed E-state index contributed by atoms with van der Waals surface area (Å²) in [5.41, 5.74) is 1.39. The molecule has 4 aliphatic carbocycles. The summed E-state index contributed by atoms with van der Waals surface area (Å²) in [5, 5.41) is 38.5. The number of allylic oxidation sites excluding steroid dienone is 2. The predicted octanol–water partition coefficient (Wildman–Crippen LogP) is 6.05. The van der Waals surface area contributed by atoms with Gasteiger partial charge in [0, 0.05) is 17.5 Å². The van der Waals surface area contributed by atoms with Gasteiger partial charge < -0.3 is 15.5 Å². The van der Waals surface area contributed by atoms with Crippen LogP contribution < -0.4 is 5.32 Å². The van der Waals surface area contributed by atoms with E-state index in [2.05, 4.69) is 53.6 Å². The second kappa shape index (κ2) is 9.82. The van der Waals surface area contributed by atoms with Gasteiger partial charge in [0.2, 0.25) is 0 Å². The summed E-state index contributed by atoms with van der Waals surface area (Å²) in [4.78, 5) is 4.26. The van der Waals surface area contributed by atoms with E-state index in [0.717, 1.165) is 48.4 Å². The zero-order valence-corrected chi connectivity index (χ0v) is 22.9. The molecule has 6 rings (SSSR count). The number of aliphatic hydroxyl groups is 2. The van der Waals surface area contributed by atoms with Gasteiger partial charge in [0.25, 0.3) is 0 Å². The lowest BCUT2D eigenvalue weighted by Gasteiger charge is -2.56. The number of hydrogen-bond acceptors (Lipinski definition) is 5. The summed E-state index contributed by atoms with van der Waals surface area (Å²) in [6.07, 6.45) is 12.0. The molecule has 1 heterocycles. The molecule has 1 aromatic carbocycles. The molecule has 5 unspecified atom stereocenters.